The monoisotopic (exact) mass is 324 g/mol. The normalized spacial score (nSPS) is 13.1. The first-order chi connectivity index (χ1) is 10.3. The molecule has 0 saturated carbocycles. The quantitative estimate of drug-likeness (QED) is 0.882. The lowest BCUT2D eigenvalue weighted by Gasteiger charge is -2.15. The van der Waals surface area contributed by atoms with Crippen LogP contribution < -0.4 is 9.46 Å². The number of hydrogen-bond acceptors (Lipinski definition) is 5. The van der Waals surface area contributed by atoms with Crippen LogP contribution in [0.5, 0.6) is 5.75 Å². The lowest BCUT2D eigenvalue weighted by atomic mass is 10.2. The highest BCUT2D eigenvalue weighted by Gasteiger charge is 2.25. The minimum atomic E-state index is -3.67. The Kier molecular flexibility index (Phi) is 4.87. The van der Waals surface area contributed by atoms with Crippen molar-refractivity contribution in [3.63, 3.8) is 0 Å². The first-order valence-electron chi connectivity index (χ1n) is 6.94. The molecule has 0 radical (unpaired) electrons. The second-order valence-corrected chi connectivity index (χ2v) is 6.95. The zero-order valence-electron chi connectivity index (χ0n) is 13.1. The molecule has 0 saturated heterocycles. The summed E-state index contributed by atoms with van der Waals surface area (Å²) in [5.74, 6) is 0.977. The molecular weight excluding hydrogens is 304 g/mol. The van der Waals surface area contributed by atoms with Gasteiger partial charge in [0.1, 0.15) is 22.9 Å². The summed E-state index contributed by atoms with van der Waals surface area (Å²) in [4.78, 5) is 0.0923. The second kappa shape index (κ2) is 6.50. The molecule has 22 heavy (non-hydrogen) atoms. The van der Waals surface area contributed by atoms with E-state index in [1.165, 1.54) is 0 Å². The van der Waals surface area contributed by atoms with E-state index in [-0.39, 0.29) is 23.3 Å². The van der Waals surface area contributed by atoms with Crippen LogP contribution in [0.3, 0.4) is 0 Å². The van der Waals surface area contributed by atoms with E-state index in [4.69, 9.17) is 9.26 Å². The van der Waals surface area contributed by atoms with E-state index in [0.717, 1.165) is 5.56 Å². The molecule has 2 aromatic rings. The van der Waals surface area contributed by atoms with Crippen molar-refractivity contribution in [2.45, 2.75) is 38.6 Å². The minimum Gasteiger partial charge on any atom is -0.492 e. The molecule has 6 nitrogen and oxygen atoms in total. The van der Waals surface area contributed by atoms with Crippen molar-refractivity contribution in [2.75, 3.05) is 6.61 Å². The molecule has 1 N–H and O–H groups in total. The summed E-state index contributed by atoms with van der Waals surface area (Å²) in [5.41, 5.74) is 1.48. The van der Waals surface area contributed by atoms with Gasteiger partial charge in [-0.05, 0) is 39.8 Å². The second-order valence-electron chi connectivity index (χ2n) is 5.30. The predicted molar refractivity (Wildman–Crippen MR) is 82.4 cm³/mol. The van der Waals surface area contributed by atoms with E-state index in [2.05, 4.69) is 9.88 Å². The molecule has 1 heterocycles. The number of benzene rings is 1. The average Bonchev–Trinajstić information content (AvgIpc) is 2.77. The Balaban J connectivity index is 1.99. The zero-order valence-corrected chi connectivity index (χ0v) is 13.9. The van der Waals surface area contributed by atoms with Gasteiger partial charge in [0.2, 0.25) is 10.0 Å². The first kappa shape index (κ1) is 16.5. The number of nitrogens with one attached hydrogen (secondary N) is 1. The van der Waals surface area contributed by atoms with E-state index in [9.17, 15) is 8.42 Å². The van der Waals surface area contributed by atoms with E-state index in [1.807, 2.05) is 31.2 Å². The minimum absolute atomic E-state index is 0.0923. The number of nitrogens with zero attached hydrogens (tertiary/aromatic N) is 1. The van der Waals surface area contributed by atoms with Crippen LogP contribution in [0.1, 0.15) is 23.9 Å². The molecule has 0 aliphatic carbocycles. The molecule has 1 aromatic carbocycles. The highest BCUT2D eigenvalue weighted by molar-refractivity contribution is 7.89. The Labute approximate surface area is 130 Å². The van der Waals surface area contributed by atoms with Crippen molar-refractivity contribution in [2.24, 2.45) is 0 Å². The van der Waals surface area contributed by atoms with Gasteiger partial charge in [-0.3, -0.25) is 0 Å². The lowest BCUT2D eigenvalue weighted by molar-refractivity contribution is 0.287. The Morgan fingerprint density at radius 1 is 1.23 bits per heavy atom. The number of aryl methyl sites for hydroxylation is 3. The number of ether oxygens (including phenoxy) is 1. The van der Waals surface area contributed by atoms with Crippen LogP contribution in [-0.2, 0) is 10.0 Å². The number of rotatable bonds is 6. The largest absolute Gasteiger partial charge is 0.492 e. The van der Waals surface area contributed by atoms with Gasteiger partial charge in [0.25, 0.3) is 0 Å². The van der Waals surface area contributed by atoms with Gasteiger partial charge in [-0.25, -0.2) is 13.1 Å². The molecule has 1 atom stereocenters. The first-order valence-corrected chi connectivity index (χ1v) is 8.42. The maximum Gasteiger partial charge on any atom is 0.246 e. The van der Waals surface area contributed by atoms with Crippen LogP contribution in [-0.4, -0.2) is 26.2 Å². The zero-order chi connectivity index (χ0) is 16.3. The topological polar surface area (TPSA) is 81.4 Å². The summed E-state index contributed by atoms with van der Waals surface area (Å²) in [7, 11) is -3.67. The maximum absolute atomic E-state index is 12.3. The summed E-state index contributed by atoms with van der Waals surface area (Å²) in [6.07, 6.45) is 0. The van der Waals surface area contributed by atoms with Gasteiger partial charge in [-0.1, -0.05) is 22.9 Å². The molecule has 0 aliphatic rings. The Hall–Kier alpha value is -1.86. The SMILES string of the molecule is Cc1ccc(OC[C@H](C)NS(=O)(=O)c2c(C)noc2C)cc1. The van der Waals surface area contributed by atoms with Gasteiger partial charge >= 0.3 is 0 Å². The molecule has 0 amide bonds. The predicted octanol–water partition coefficient (Wildman–Crippen LogP) is 2.35. The molecular formula is C15H20N2O4S. The summed E-state index contributed by atoms with van der Waals surface area (Å²) >= 11 is 0. The third-order valence-electron chi connectivity index (χ3n) is 3.11. The molecule has 0 spiro atoms. The summed E-state index contributed by atoms with van der Waals surface area (Å²) in [6.45, 7) is 7.13. The summed E-state index contributed by atoms with van der Waals surface area (Å²) in [6, 6.07) is 7.19. The standard InChI is InChI=1S/C15H20N2O4S/c1-10-5-7-14(8-6-10)20-9-11(2)17-22(18,19)15-12(3)16-21-13(15)4/h5-8,11,17H,9H2,1-4H3/t11-/m0/s1. The molecule has 0 unspecified atom stereocenters. The fourth-order valence-corrected chi connectivity index (χ4v) is 3.63. The Bertz CT molecular complexity index is 716. The fourth-order valence-electron chi connectivity index (χ4n) is 2.07. The van der Waals surface area contributed by atoms with Crippen molar-refractivity contribution in [1.82, 2.24) is 9.88 Å². The molecule has 2 rings (SSSR count). The van der Waals surface area contributed by atoms with Crippen LogP contribution >= 0.6 is 0 Å². The third kappa shape index (κ3) is 3.86. The van der Waals surface area contributed by atoms with Gasteiger partial charge in [0, 0.05) is 0 Å². The van der Waals surface area contributed by atoms with Crippen LogP contribution in [0.4, 0.5) is 0 Å². The highest BCUT2D eigenvalue weighted by atomic mass is 32.2. The van der Waals surface area contributed by atoms with Crippen molar-refractivity contribution in [1.29, 1.82) is 0 Å². The maximum atomic E-state index is 12.3. The van der Waals surface area contributed by atoms with Crippen molar-refractivity contribution in [3.05, 3.63) is 41.3 Å². The highest BCUT2D eigenvalue weighted by Crippen LogP contribution is 2.19. The van der Waals surface area contributed by atoms with Gasteiger partial charge in [-0.15, -0.1) is 0 Å². The van der Waals surface area contributed by atoms with E-state index in [1.54, 1.807) is 20.8 Å². The molecule has 1 aromatic heterocycles. The van der Waals surface area contributed by atoms with Gasteiger partial charge in [0.15, 0.2) is 5.76 Å². The Morgan fingerprint density at radius 2 is 1.86 bits per heavy atom. The average molecular weight is 324 g/mol. The number of sulfonamides is 1. The van der Waals surface area contributed by atoms with Gasteiger partial charge < -0.3 is 9.26 Å². The molecule has 0 aliphatic heterocycles. The van der Waals surface area contributed by atoms with Crippen molar-refractivity contribution < 1.29 is 17.7 Å². The van der Waals surface area contributed by atoms with Gasteiger partial charge in [0.05, 0.1) is 6.04 Å². The lowest BCUT2D eigenvalue weighted by Crippen LogP contribution is -2.37. The van der Waals surface area contributed by atoms with Crippen molar-refractivity contribution >= 4 is 10.0 Å². The smallest absolute Gasteiger partial charge is 0.246 e. The molecule has 0 bridgehead atoms. The van der Waals surface area contributed by atoms with Crippen molar-refractivity contribution in [3.8, 4) is 5.75 Å². The van der Waals surface area contributed by atoms with Crippen LogP contribution in [0.25, 0.3) is 0 Å². The van der Waals surface area contributed by atoms with E-state index in [0.29, 0.717) is 11.4 Å². The molecule has 7 heteroatoms. The Morgan fingerprint density at radius 3 is 2.41 bits per heavy atom. The van der Waals surface area contributed by atoms with Crippen LogP contribution in [0.15, 0.2) is 33.7 Å². The third-order valence-corrected chi connectivity index (χ3v) is 4.95. The molecule has 0 fully saturated rings. The van der Waals surface area contributed by atoms with Crippen LogP contribution in [0, 0.1) is 20.8 Å². The fraction of sp³-hybridized carbons (Fsp3) is 0.400. The number of aromatic nitrogens is 1. The van der Waals surface area contributed by atoms with Gasteiger partial charge in [-0.2, -0.15) is 0 Å². The summed E-state index contributed by atoms with van der Waals surface area (Å²) in [5, 5.41) is 3.67. The molecule has 120 valence electrons. The van der Waals surface area contributed by atoms with Crippen LogP contribution in [0.2, 0.25) is 0 Å². The summed E-state index contributed by atoms with van der Waals surface area (Å²) < 4.78 is 37.7. The number of hydrogen-bond donors (Lipinski definition) is 1. The van der Waals surface area contributed by atoms with E-state index < -0.39 is 10.0 Å². The van der Waals surface area contributed by atoms with E-state index >= 15 is 0 Å².